The van der Waals surface area contributed by atoms with Crippen LogP contribution >= 0.6 is 0 Å². The van der Waals surface area contributed by atoms with E-state index in [9.17, 15) is 23.4 Å². The number of rotatable bonds is 5. The molecule has 4 rings (SSSR count). The van der Waals surface area contributed by atoms with Crippen molar-refractivity contribution in [2.45, 2.75) is 77.7 Å². The van der Waals surface area contributed by atoms with Gasteiger partial charge in [0.05, 0.1) is 30.2 Å². The first-order chi connectivity index (χ1) is 19.3. The molecule has 0 bridgehead atoms. The second-order valence-electron chi connectivity index (χ2n) is 12.3. The van der Waals surface area contributed by atoms with Gasteiger partial charge in [-0.15, -0.1) is 0 Å². The quantitative estimate of drug-likeness (QED) is 0.210. The maximum Gasteiger partial charge on any atom is 0.490 e. The number of hydrogen-bond donors (Lipinski definition) is 4. The number of aliphatic hydroxyl groups excluding tert-OH is 1. The van der Waals surface area contributed by atoms with Gasteiger partial charge in [-0.05, 0) is 57.3 Å². The minimum atomic E-state index is -5.08. The van der Waals surface area contributed by atoms with Gasteiger partial charge >= 0.3 is 12.1 Å². The SMILES string of the molecule is CC(C)(C)c1cc(C(O)Cn2c(=N)n(Cc3ccccc3)c3ccccc32)cc(C(C)(C)C)c1O.O=C(O)C(F)(F)F. The first-order valence-electron chi connectivity index (χ1n) is 13.4. The van der Waals surface area contributed by atoms with E-state index in [1.54, 1.807) is 0 Å². The smallest absolute Gasteiger partial charge is 0.490 e. The van der Waals surface area contributed by atoms with Crippen molar-refractivity contribution in [1.82, 2.24) is 9.13 Å². The number of carboxylic acids is 1. The van der Waals surface area contributed by atoms with Crippen molar-refractivity contribution in [3.63, 3.8) is 0 Å². The Morgan fingerprint density at radius 2 is 1.26 bits per heavy atom. The van der Waals surface area contributed by atoms with Crippen molar-refractivity contribution in [2.24, 2.45) is 0 Å². The summed E-state index contributed by atoms with van der Waals surface area (Å²) in [6, 6.07) is 21.9. The number of benzene rings is 3. The number of aromatic nitrogens is 2. The standard InChI is InChI=1S/C30H37N3O2.C2HF3O2/c1-29(2,3)22-16-21(17-23(27(22)35)30(4,5)6)26(34)19-33-25-15-11-10-14-24(25)32(28(33)31)18-20-12-8-7-9-13-20;3-2(4,5)1(6)7/h7-17,26,31,34-35H,18-19H2,1-6H3;(H,6,7). The third kappa shape index (κ3) is 7.42. The van der Waals surface area contributed by atoms with Crippen LogP contribution in [0.15, 0.2) is 66.7 Å². The van der Waals surface area contributed by atoms with E-state index in [-0.39, 0.29) is 17.4 Å². The number of carbonyl (C=O) groups is 1. The molecule has 4 N–H and O–H groups in total. The van der Waals surface area contributed by atoms with E-state index in [0.29, 0.717) is 17.9 Å². The van der Waals surface area contributed by atoms with E-state index < -0.39 is 18.2 Å². The van der Waals surface area contributed by atoms with Crippen molar-refractivity contribution < 1.29 is 33.3 Å². The monoisotopic (exact) mass is 585 g/mol. The Hall–Kier alpha value is -4.05. The highest BCUT2D eigenvalue weighted by atomic mass is 19.4. The van der Waals surface area contributed by atoms with Crippen LogP contribution < -0.4 is 5.62 Å². The van der Waals surface area contributed by atoms with Gasteiger partial charge in [0.1, 0.15) is 5.75 Å². The Labute approximate surface area is 243 Å². The number of halogens is 3. The highest BCUT2D eigenvalue weighted by Gasteiger charge is 2.38. The number of aliphatic carboxylic acids is 1. The molecule has 0 aliphatic heterocycles. The van der Waals surface area contributed by atoms with Crippen LogP contribution in [0, 0.1) is 5.41 Å². The number of phenolic OH excluding ortho intramolecular Hbond substituents is 1. The number of carboxylic acid groups (broad SMARTS) is 1. The van der Waals surface area contributed by atoms with E-state index in [2.05, 4.69) is 53.7 Å². The molecule has 1 aromatic heterocycles. The number of nitrogens with zero attached hydrogens (tertiary/aromatic N) is 2. The van der Waals surface area contributed by atoms with E-state index in [1.165, 1.54) is 0 Å². The molecule has 1 unspecified atom stereocenters. The number of alkyl halides is 3. The van der Waals surface area contributed by atoms with Gasteiger partial charge in [-0.1, -0.05) is 84.0 Å². The van der Waals surface area contributed by atoms with Gasteiger partial charge in [-0.2, -0.15) is 13.2 Å². The van der Waals surface area contributed by atoms with Crippen LogP contribution in [0.1, 0.15) is 69.9 Å². The minimum Gasteiger partial charge on any atom is -0.507 e. The van der Waals surface area contributed by atoms with Gasteiger partial charge in [0.15, 0.2) is 0 Å². The number of aliphatic hydroxyl groups is 1. The Bertz CT molecular complexity index is 1570. The second-order valence-corrected chi connectivity index (χ2v) is 12.3. The van der Waals surface area contributed by atoms with E-state index in [1.807, 2.05) is 63.7 Å². The average Bonchev–Trinajstić information content (AvgIpc) is 3.14. The summed E-state index contributed by atoms with van der Waals surface area (Å²) in [4.78, 5) is 8.90. The summed E-state index contributed by atoms with van der Waals surface area (Å²) in [6.07, 6.45) is -5.91. The molecule has 1 heterocycles. The number of hydrogen-bond acceptors (Lipinski definition) is 4. The zero-order valence-corrected chi connectivity index (χ0v) is 24.6. The van der Waals surface area contributed by atoms with E-state index >= 15 is 0 Å². The summed E-state index contributed by atoms with van der Waals surface area (Å²) in [6.45, 7) is 13.2. The first kappa shape index (κ1) is 32.5. The summed E-state index contributed by atoms with van der Waals surface area (Å²) in [5, 5.41) is 38.6. The summed E-state index contributed by atoms with van der Waals surface area (Å²) in [5.74, 6) is -2.46. The molecule has 4 aromatic rings. The van der Waals surface area contributed by atoms with Gasteiger partial charge < -0.3 is 24.5 Å². The second kappa shape index (κ2) is 12.1. The average molecular weight is 586 g/mol. The molecule has 0 saturated heterocycles. The number of imidazole rings is 1. The van der Waals surface area contributed by atoms with Gasteiger partial charge in [-0.3, -0.25) is 5.41 Å². The van der Waals surface area contributed by atoms with Crippen molar-refractivity contribution in [3.05, 3.63) is 94.6 Å². The summed E-state index contributed by atoms with van der Waals surface area (Å²) >= 11 is 0. The fourth-order valence-electron chi connectivity index (χ4n) is 4.68. The van der Waals surface area contributed by atoms with Gasteiger partial charge in [0.2, 0.25) is 5.62 Å². The Morgan fingerprint density at radius 1 is 0.833 bits per heavy atom. The zero-order chi connectivity index (χ0) is 31.6. The topological polar surface area (TPSA) is 111 Å². The minimum absolute atomic E-state index is 0.249. The molecule has 10 heteroatoms. The Balaban J connectivity index is 0.000000616. The number of para-hydroxylation sites is 2. The Morgan fingerprint density at radius 3 is 1.69 bits per heavy atom. The molecular formula is C32H38F3N3O4. The molecule has 0 saturated carbocycles. The number of phenols is 1. The third-order valence-corrected chi connectivity index (χ3v) is 6.89. The maximum atomic E-state index is 11.4. The summed E-state index contributed by atoms with van der Waals surface area (Å²) in [7, 11) is 0. The van der Waals surface area contributed by atoms with Crippen molar-refractivity contribution >= 4 is 17.0 Å². The molecule has 0 radical (unpaired) electrons. The lowest BCUT2D eigenvalue weighted by Gasteiger charge is -2.29. The number of aromatic hydroxyl groups is 1. The summed E-state index contributed by atoms with van der Waals surface area (Å²) in [5.41, 5.74) is 5.19. The number of fused-ring (bicyclic) bond motifs is 1. The van der Waals surface area contributed by atoms with Crippen molar-refractivity contribution in [2.75, 3.05) is 0 Å². The lowest BCUT2D eigenvalue weighted by molar-refractivity contribution is -0.192. The lowest BCUT2D eigenvalue weighted by atomic mass is 9.78. The fraction of sp³-hybridized carbons (Fsp3) is 0.375. The van der Waals surface area contributed by atoms with Crippen LogP contribution in [0.2, 0.25) is 0 Å². The van der Waals surface area contributed by atoms with Gasteiger partial charge in [0, 0.05) is 0 Å². The number of nitrogens with one attached hydrogen (secondary N) is 1. The predicted molar refractivity (Wildman–Crippen MR) is 155 cm³/mol. The van der Waals surface area contributed by atoms with Crippen LogP contribution in [0.3, 0.4) is 0 Å². The highest BCUT2D eigenvalue weighted by Crippen LogP contribution is 2.41. The van der Waals surface area contributed by atoms with Gasteiger partial charge in [-0.25, -0.2) is 4.79 Å². The first-order valence-corrected chi connectivity index (χ1v) is 13.4. The largest absolute Gasteiger partial charge is 0.507 e. The lowest BCUT2D eigenvalue weighted by Crippen LogP contribution is -2.27. The fourth-order valence-corrected chi connectivity index (χ4v) is 4.68. The van der Waals surface area contributed by atoms with Crippen LogP contribution in [0.5, 0.6) is 5.75 Å². The van der Waals surface area contributed by atoms with Gasteiger partial charge in [0.25, 0.3) is 0 Å². The molecular weight excluding hydrogens is 547 g/mol. The molecule has 0 aliphatic rings. The molecule has 1 atom stereocenters. The molecule has 0 amide bonds. The molecule has 42 heavy (non-hydrogen) atoms. The van der Waals surface area contributed by atoms with Crippen molar-refractivity contribution in [1.29, 1.82) is 5.41 Å². The van der Waals surface area contributed by atoms with E-state index in [4.69, 9.17) is 15.3 Å². The normalized spacial score (nSPS) is 13.0. The van der Waals surface area contributed by atoms with Crippen LogP contribution in [0.25, 0.3) is 11.0 Å². The molecule has 226 valence electrons. The molecule has 7 nitrogen and oxygen atoms in total. The van der Waals surface area contributed by atoms with Crippen LogP contribution in [0.4, 0.5) is 13.2 Å². The summed E-state index contributed by atoms with van der Waals surface area (Å²) < 4.78 is 35.6. The van der Waals surface area contributed by atoms with Crippen LogP contribution in [-0.2, 0) is 28.7 Å². The van der Waals surface area contributed by atoms with E-state index in [0.717, 1.165) is 33.3 Å². The molecule has 0 fully saturated rings. The molecule has 3 aromatic carbocycles. The maximum absolute atomic E-state index is 11.4. The Kier molecular flexibility index (Phi) is 9.31. The van der Waals surface area contributed by atoms with Crippen LogP contribution in [-0.4, -0.2) is 36.6 Å². The molecule has 0 spiro atoms. The highest BCUT2D eigenvalue weighted by molar-refractivity contribution is 5.76. The molecule has 0 aliphatic carbocycles. The van der Waals surface area contributed by atoms with Crippen molar-refractivity contribution in [3.8, 4) is 5.75 Å². The third-order valence-electron chi connectivity index (χ3n) is 6.89. The predicted octanol–water partition coefficient (Wildman–Crippen LogP) is 6.64. The zero-order valence-electron chi connectivity index (χ0n) is 24.6.